The number of hydrogen-bond donors (Lipinski definition) is 0. The zero-order chi connectivity index (χ0) is 12.4. The molecule has 0 saturated heterocycles. The molecule has 0 aliphatic carbocycles. The molecule has 0 spiro atoms. The molecule has 4 nitrogen and oxygen atoms in total. The van der Waals surface area contributed by atoms with E-state index in [2.05, 4.69) is 10.1 Å². The lowest BCUT2D eigenvalue weighted by molar-refractivity contribution is 0.0967. The van der Waals surface area contributed by atoms with Crippen LogP contribution < -0.4 is 0 Å². The highest BCUT2D eigenvalue weighted by Crippen LogP contribution is 2.16. The molecule has 0 bridgehead atoms. The Morgan fingerprint density at radius 1 is 1.18 bits per heavy atom. The van der Waals surface area contributed by atoms with Gasteiger partial charge in [0.05, 0.1) is 0 Å². The van der Waals surface area contributed by atoms with Crippen LogP contribution in [0.4, 0.5) is 0 Å². The maximum absolute atomic E-state index is 12.1. The van der Waals surface area contributed by atoms with Gasteiger partial charge in [-0.15, -0.1) is 0 Å². The van der Waals surface area contributed by atoms with Gasteiger partial charge in [-0.05, 0) is 43.5 Å². The van der Waals surface area contributed by atoms with Crippen molar-refractivity contribution in [2.45, 2.75) is 27.3 Å². The monoisotopic (exact) mass is 229 g/mol. The van der Waals surface area contributed by atoms with Crippen molar-refractivity contribution in [3.05, 3.63) is 47.0 Å². The Morgan fingerprint density at radius 3 is 2.53 bits per heavy atom. The Hall–Kier alpha value is -1.97. The highest BCUT2D eigenvalue weighted by atomic mass is 16.1. The maximum atomic E-state index is 12.1. The van der Waals surface area contributed by atoms with E-state index in [0.29, 0.717) is 0 Å². The molecule has 0 N–H and O–H groups in total. The Balaban J connectivity index is 2.28. The van der Waals surface area contributed by atoms with E-state index in [1.165, 1.54) is 16.6 Å². The van der Waals surface area contributed by atoms with E-state index >= 15 is 0 Å². The molecular formula is C13H15N3O. The average molecular weight is 229 g/mol. The van der Waals surface area contributed by atoms with Crippen LogP contribution in [-0.2, 0) is 6.54 Å². The molecule has 17 heavy (non-hydrogen) atoms. The Labute approximate surface area is 100 Å². The van der Waals surface area contributed by atoms with Crippen molar-refractivity contribution in [2.24, 2.45) is 0 Å². The standard InChI is InChI=1S/C13H15N3O/c1-9-4-11(3)12(5-10(9)2)13(17)6-16-8-14-7-15-16/h4-5,7-8H,6H2,1-3H3. The number of Topliss-reactive ketones (excluding diaryl/α,β-unsaturated/α-hetero) is 1. The van der Waals surface area contributed by atoms with Crippen molar-refractivity contribution < 1.29 is 4.79 Å². The molecule has 0 atom stereocenters. The maximum Gasteiger partial charge on any atom is 0.184 e. The second-order valence-electron chi connectivity index (χ2n) is 4.27. The zero-order valence-corrected chi connectivity index (χ0v) is 10.3. The summed E-state index contributed by atoms with van der Waals surface area (Å²) in [5.41, 5.74) is 4.12. The molecule has 2 rings (SSSR count). The first-order valence-corrected chi connectivity index (χ1v) is 5.51. The SMILES string of the molecule is Cc1cc(C)c(C(=O)Cn2cncn2)cc1C. The fraction of sp³-hybridized carbons (Fsp3) is 0.308. The summed E-state index contributed by atoms with van der Waals surface area (Å²) in [7, 11) is 0. The summed E-state index contributed by atoms with van der Waals surface area (Å²) in [6, 6.07) is 3.99. The van der Waals surface area contributed by atoms with E-state index in [-0.39, 0.29) is 12.3 Å². The second kappa shape index (κ2) is 4.49. The van der Waals surface area contributed by atoms with Gasteiger partial charge in [-0.25, -0.2) is 9.67 Å². The van der Waals surface area contributed by atoms with Gasteiger partial charge in [0, 0.05) is 5.56 Å². The lowest BCUT2D eigenvalue weighted by Gasteiger charge is -2.08. The zero-order valence-electron chi connectivity index (χ0n) is 10.3. The summed E-state index contributed by atoms with van der Waals surface area (Å²) in [6.07, 6.45) is 2.98. The third-order valence-corrected chi connectivity index (χ3v) is 2.91. The Kier molecular flexibility index (Phi) is 3.04. The minimum atomic E-state index is 0.0658. The molecule has 0 unspecified atom stereocenters. The highest BCUT2D eigenvalue weighted by Gasteiger charge is 2.11. The largest absolute Gasteiger partial charge is 0.292 e. The highest BCUT2D eigenvalue weighted by molar-refractivity contribution is 5.97. The van der Waals surface area contributed by atoms with E-state index in [9.17, 15) is 4.79 Å². The molecule has 0 radical (unpaired) electrons. The number of carbonyl (C=O) groups is 1. The van der Waals surface area contributed by atoms with Crippen LogP contribution in [-0.4, -0.2) is 20.5 Å². The first kappa shape index (κ1) is 11.5. The van der Waals surface area contributed by atoms with Crippen molar-refractivity contribution in [2.75, 3.05) is 0 Å². The molecule has 0 aliphatic heterocycles. The molecule has 0 saturated carbocycles. The molecule has 1 aromatic carbocycles. The Bertz CT molecular complexity index is 544. The Morgan fingerprint density at radius 2 is 1.88 bits per heavy atom. The molecule has 4 heteroatoms. The summed E-state index contributed by atoms with van der Waals surface area (Å²) in [5, 5.41) is 3.94. The summed E-state index contributed by atoms with van der Waals surface area (Å²) < 4.78 is 1.54. The van der Waals surface area contributed by atoms with Gasteiger partial charge in [0.15, 0.2) is 5.78 Å². The minimum absolute atomic E-state index is 0.0658. The van der Waals surface area contributed by atoms with Crippen LogP contribution in [0.15, 0.2) is 24.8 Å². The van der Waals surface area contributed by atoms with Gasteiger partial charge in [0.25, 0.3) is 0 Å². The van der Waals surface area contributed by atoms with Gasteiger partial charge in [-0.2, -0.15) is 5.10 Å². The van der Waals surface area contributed by atoms with Crippen LogP contribution >= 0.6 is 0 Å². The number of aryl methyl sites for hydroxylation is 3. The van der Waals surface area contributed by atoms with Crippen molar-refractivity contribution in [3.8, 4) is 0 Å². The third-order valence-electron chi connectivity index (χ3n) is 2.91. The normalized spacial score (nSPS) is 10.5. The van der Waals surface area contributed by atoms with Gasteiger partial charge < -0.3 is 0 Å². The van der Waals surface area contributed by atoms with Crippen LogP contribution in [0.3, 0.4) is 0 Å². The number of benzene rings is 1. The van der Waals surface area contributed by atoms with E-state index in [0.717, 1.165) is 16.7 Å². The van der Waals surface area contributed by atoms with Crippen molar-refractivity contribution in [3.63, 3.8) is 0 Å². The van der Waals surface area contributed by atoms with Crippen LogP contribution in [0, 0.1) is 20.8 Å². The fourth-order valence-corrected chi connectivity index (χ4v) is 1.81. The molecule has 1 aromatic heterocycles. The lowest BCUT2D eigenvalue weighted by atomic mass is 9.98. The number of ketones is 1. The number of rotatable bonds is 3. The average Bonchev–Trinajstić information content (AvgIpc) is 2.76. The molecule has 88 valence electrons. The van der Waals surface area contributed by atoms with Gasteiger partial charge in [-0.1, -0.05) is 6.07 Å². The molecule has 0 amide bonds. The van der Waals surface area contributed by atoms with Crippen molar-refractivity contribution in [1.29, 1.82) is 0 Å². The first-order chi connectivity index (χ1) is 8.08. The predicted octanol–water partition coefficient (Wildman–Crippen LogP) is 2.09. The summed E-state index contributed by atoms with van der Waals surface area (Å²) >= 11 is 0. The van der Waals surface area contributed by atoms with E-state index < -0.39 is 0 Å². The van der Waals surface area contributed by atoms with Crippen LogP contribution in [0.2, 0.25) is 0 Å². The summed E-state index contributed by atoms with van der Waals surface area (Å²) in [6.45, 7) is 6.26. The smallest absolute Gasteiger partial charge is 0.184 e. The first-order valence-electron chi connectivity index (χ1n) is 5.51. The summed E-state index contributed by atoms with van der Waals surface area (Å²) in [4.78, 5) is 15.9. The second-order valence-corrected chi connectivity index (χ2v) is 4.27. The van der Waals surface area contributed by atoms with Crippen molar-refractivity contribution in [1.82, 2.24) is 14.8 Å². The van der Waals surface area contributed by atoms with E-state index in [1.807, 2.05) is 32.9 Å². The fourth-order valence-electron chi connectivity index (χ4n) is 1.81. The van der Waals surface area contributed by atoms with E-state index in [1.54, 1.807) is 6.33 Å². The molecule has 0 fully saturated rings. The van der Waals surface area contributed by atoms with Gasteiger partial charge in [0.1, 0.15) is 19.2 Å². The number of nitrogens with zero attached hydrogens (tertiary/aromatic N) is 3. The van der Waals surface area contributed by atoms with E-state index in [4.69, 9.17) is 0 Å². The predicted molar refractivity (Wildman–Crippen MR) is 65.0 cm³/mol. The number of hydrogen-bond acceptors (Lipinski definition) is 3. The van der Waals surface area contributed by atoms with Gasteiger partial charge in [0.2, 0.25) is 0 Å². The van der Waals surface area contributed by atoms with Gasteiger partial charge >= 0.3 is 0 Å². The quantitative estimate of drug-likeness (QED) is 0.757. The van der Waals surface area contributed by atoms with Crippen LogP contribution in [0.5, 0.6) is 0 Å². The van der Waals surface area contributed by atoms with Crippen molar-refractivity contribution >= 4 is 5.78 Å². The van der Waals surface area contributed by atoms with Crippen LogP contribution in [0.1, 0.15) is 27.0 Å². The van der Waals surface area contributed by atoms with Crippen LogP contribution in [0.25, 0.3) is 0 Å². The summed E-state index contributed by atoms with van der Waals surface area (Å²) in [5.74, 6) is 0.0658. The topological polar surface area (TPSA) is 47.8 Å². The minimum Gasteiger partial charge on any atom is -0.292 e. The van der Waals surface area contributed by atoms with Gasteiger partial charge in [-0.3, -0.25) is 4.79 Å². The molecule has 2 aromatic rings. The molecule has 1 heterocycles. The molecular weight excluding hydrogens is 214 g/mol. The molecule has 0 aliphatic rings. The lowest BCUT2D eigenvalue weighted by Crippen LogP contribution is -2.12. The number of carbonyl (C=O) groups excluding carboxylic acids is 1. The third kappa shape index (κ3) is 2.41. The number of aromatic nitrogens is 3.